The zero-order valence-electron chi connectivity index (χ0n) is 19.6. The molecule has 28 heavy (non-hydrogen) atoms. The fourth-order valence-electron chi connectivity index (χ4n) is 3.57. The molecule has 0 aromatic rings. The average Bonchev–Trinajstić information content (AvgIpc) is 2.71. The van der Waals surface area contributed by atoms with Gasteiger partial charge in [0.05, 0.1) is 6.42 Å². The molecule has 0 radical (unpaired) electrons. The Morgan fingerprint density at radius 3 is 0.929 bits per heavy atom. The minimum Gasteiger partial charge on any atom is -0.102 e. The Bertz CT molecular complexity index is 397. The molecule has 0 aliphatic rings. The summed E-state index contributed by atoms with van der Waals surface area (Å²) in [6.07, 6.45) is 29.4. The SMILES string of the molecule is CCCCCCCCCCCC#CCC#CCCCCCCCCCCCC. The summed E-state index contributed by atoms with van der Waals surface area (Å²) in [5.74, 6) is 13.0. The van der Waals surface area contributed by atoms with Crippen LogP contribution in [0.2, 0.25) is 0 Å². The van der Waals surface area contributed by atoms with Gasteiger partial charge in [-0.25, -0.2) is 0 Å². The smallest absolute Gasteiger partial charge is 0.0702 e. The van der Waals surface area contributed by atoms with E-state index in [1.807, 2.05) is 0 Å². The van der Waals surface area contributed by atoms with E-state index < -0.39 is 0 Å². The van der Waals surface area contributed by atoms with Crippen LogP contribution < -0.4 is 0 Å². The summed E-state index contributed by atoms with van der Waals surface area (Å²) in [4.78, 5) is 0. The molecular weight excluding hydrogens is 336 g/mol. The van der Waals surface area contributed by atoms with Crippen molar-refractivity contribution >= 4 is 0 Å². The van der Waals surface area contributed by atoms with Crippen molar-refractivity contribution in [3.05, 3.63) is 0 Å². The maximum absolute atomic E-state index is 3.30. The molecule has 0 aromatic heterocycles. The zero-order chi connectivity index (χ0) is 20.4. The van der Waals surface area contributed by atoms with Gasteiger partial charge in [-0.3, -0.25) is 0 Å². The number of hydrogen-bond acceptors (Lipinski definition) is 0. The molecular formula is C28H50. The molecule has 0 atom stereocenters. The summed E-state index contributed by atoms with van der Waals surface area (Å²) in [7, 11) is 0. The molecule has 162 valence electrons. The molecule has 0 heteroatoms. The second kappa shape index (κ2) is 26.1. The molecule has 0 aliphatic carbocycles. The van der Waals surface area contributed by atoms with Gasteiger partial charge in [0.15, 0.2) is 0 Å². The maximum atomic E-state index is 3.30. The molecule has 0 saturated carbocycles. The molecule has 0 heterocycles. The molecule has 0 aliphatic heterocycles. The van der Waals surface area contributed by atoms with Crippen molar-refractivity contribution in [3.8, 4) is 23.7 Å². The van der Waals surface area contributed by atoms with Crippen LogP contribution in [0.4, 0.5) is 0 Å². The Kier molecular flexibility index (Phi) is 25.3. The summed E-state index contributed by atoms with van der Waals surface area (Å²) in [6.45, 7) is 4.57. The van der Waals surface area contributed by atoms with Crippen LogP contribution in [0.3, 0.4) is 0 Å². The van der Waals surface area contributed by atoms with Crippen molar-refractivity contribution in [2.75, 3.05) is 0 Å². The van der Waals surface area contributed by atoms with Gasteiger partial charge in [0.25, 0.3) is 0 Å². The summed E-state index contributed by atoms with van der Waals surface area (Å²) >= 11 is 0. The first kappa shape index (κ1) is 27.1. The van der Waals surface area contributed by atoms with Gasteiger partial charge in [-0.05, 0) is 12.8 Å². The lowest BCUT2D eigenvalue weighted by Crippen LogP contribution is -1.81. The first-order valence-electron chi connectivity index (χ1n) is 12.8. The molecule has 0 fully saturated rings. The summed E-state index contributed by atoms with van der Waals surface area (Å²) in [5.41, 5.74) is 0. The van der Waals surface area contributed by atoms with Crippen LogP contribution in [0, 0.1) is 23.7 Å². The second-order valence-corrected chi connectivity index (χ2v) is 8.39. The van der Waals surface area contributed by atoms with Crippen molar-refractivity contribution in [1.29, 1.82) is 0 Å². The molecule has 0 nitrogen and oxygen atoms in total. The molecule has 0 spiro atoms. The third kappa shape index (κ3) is 25.1. The Balaban J connectivity index is 3.21. The van der Waals surface area contributed by atoms with Crippen LogP contribution >= 0.6 is 0 Å². The highest BCUT2D eigenvalue weighted by Gasteiger charge is 1.92. The number of unbranched alkanes of at least 4 members (excludes halogenated alkanes) is 19. The van der Waals surface area contributed by atoms with E-state index in [4.69, 9.17) is 0 Å². The van der Waals surface area contributed by atoms with E-state index in [0.717, 1.165) is 19.3 Å². The van der Waals surface area contributed by atoms with E-state index in [0.29, 0.717) is 0 Å². The first-order chi connectivity index (χ1) is 13.9. The Hall–Kier alpha value is -0.880. The molecule has 0 bridgehead atoms. The van der Waals surface area contributed by atoms with Gasteiger partial charge in [0.1, 0.15) is 0 Å². The second-order valence-electron chi connectivity index (χ2n) is 8.39. The van der Waals surface area contributed by atoms with Gasteiger partial charge in [0, 0.05) is 12.8 Å². The highest BCUT2D eigenvalue weighted by Crippen LogP contribution is 2.11. The van der Waals surface area contributed by atoms with Gasteiger partial charge < -0.3 is 0 Å². The van der Waals surface area contributed by atoms with Crippen molar-refractivity contribution in [2.24, 2.45) is 0 Å². The lowest BCUT2D eigenvalue weighted by atomic mass is 10.1. The Morgan fingerprint density at radius 2 is 0.607 bits per heavy atom. The fraction of sp³-hybridized carbons (Fsp3) is 0.857. The first-order valence-corrected chi connectivity index (χ1v) is 12.8. The van der Waals surface area contributed by atoms with Crippen molar-refractivity contribution in [3.63, 3.8) is 0 Å². The highest BCUT2D eigenvalue weighted by molar-refractivity contribution is 5.11. The van der Waals surface area contributed by atoms with Gasteiger partial charge >= 0.3 is 0 Å². The Labute approximate surface area is 179 Å². The normalized spacial score (nSPS) is 10.2. The van der Waals surface area contributed by atoms with Crippen LogP contribution in [-0.2, 0) is 0 Å². The fourth-order valence-corrected chi connectivity index (χ4v) is 3.57. The Morgan fingerprint density at radius 1 is 0.321 bits per heavy atom. The van der Waals surface area contributed by atoms with Gasteiger partial charge in [0.2, 0.25) is 0 Å². The summed E-state index contributed by atoms with van der Waals surface area (Å²) in [5, 5.41) is 0. The molecule has 0 N–H and O–H groups in total. The predicted octanol–water partition coefficient (Wildman–Crippen LogP) is 9.62. The molecule has 0 unspecified atom stereocenters. The monoisotopic (exact) mass is 386 g/mol. The highest BCUT2D eigenvalue weighted by atomic mass is 14.0. The van der Waals surface area contributed by atoms with E-state index in [1.165, 1.54) is 122 Å². The van der Waals surface area contributed by atoms with E-state index >= 15 is 0 Å². The van der Waals surface area contributed by atoms with Crippen molar-refractivity contribution in [1.82, 2.24) is 0 Å². The van der Waals surface area contributed by atoms with Gasteiger partial charge in [-0.15, -0.1) is 11.8 Å². The van der Waals surface area contributed by atoms with E-state index in [9.17, 15) is 0 Å². The van der Waals surface area contributed by atoms with Crippen LogP contribution in [0.1, 0.15) is 155 Å². The minimum atomic E-state index is 0.773. The largest absolute Gasteiger partial charge is 0.102 e. The standard InChI is InChI=1S/C28H50/c1-3-5-7-9-11-13-15-17-19-21-23-25-27-28-26-24-22-20-18-16-14-12-10-8-6-4-2/h3-23,28H2,1-2H3. The average molecular weight is 387 g/mol. The topological polar surface area (TPSA) is 0 Å². The van der Waals surface area contributed by atoms with Crippen LogP contribution in [0.15, 0.2) is 0 Å². The number of rotatable bonds is 19. The van der Waals surface area contributed by atoms with E-state index in [-0.39, 0.29) is 0 Å². The predicted molar refractivity (Wildman–Crippen MR) is 128 cm³/mol. The molecule has 0 aromatic carbocycles. The summed E-state index contributed by atoms with van der Waals surface area (Å²) in [6, 6.07) is 0. The number of hydrogen-bond donors (Lipinski definition) is 0. The van der Waals surface area contributed by atoms with E-state index in [2.05, 4.69) is 37.5 Å². The van der Waals surface area contributed by atoms with Crippen LogP contribution in [-0.4, -0.2) is 0 Å². The molecule has 0 amide bonds. The van der Waals surface area contributed by atoms with Gasteiger partial charge in [-0.2, -0.15) is 0 Å². The third-order valence-corrected chi connectivity index (χ3v) is 5.49. The third-order valence-electron chi connectivity index (χ3n) is 5.49. The zero-order valence-corrected chi connectivity index (χ0v) is 19.6. The summed E-state index contributed by atoms with van der Waals surface area (Å²) < 4.78 is 0. The quantitative estimate of drug-likeness (QED) is 0.153. The van der Waals surface area contributed by atoms with E-state index in [1.54, 1.807) is 0 Å². The maximum Gasteiger partial charge on any atom is 0.0702 e. The van der Waals surface area contributed by atoms with Gasteiger partial charge in [-0.1, -0.05) is 135 Å². The minimum absolute atomic E-state index is 0.773. The van der Waals surface area contributed by atoms with Crippen LogP contribution in [0.25, 0.3) is 0 Å². The lowest BCUT2D eigenvalue weighted by molar-refractivity contribution is 0.558. The van der Waals surface area contributed by atoms with Crippen molar-refractivity contribution in [2.45, 2.75) is 155 Å². The molecule has 0 rings (SSSR count). The molecule has 0 saturated heterocycles. The lowest BCUT2D eigenvalue weighted by Gasteiger charge is -2.00. The van der Waals surface area contributed by atoms with Crippen LogP contribution in [0.5, 0.6) is 0 Å². The van der Waals surface area contributed by atoms with Crippen molar-refractivity contribution < 1.29 is 0 Å².